The molecule has 1 N–H and O–H groups in total. The first-order chi connectivity index (χ1) is 6.06. The van der Waals surface area contributed by atoms with Crippen LogP contribution in [0.1, 0.15) is 11.7 Å². The fourth-order valence-electron chi connectivity index (χ4n) is 0.876. The summed E-state index contributed by atoms with van der Waals surface area (Å²) in [5.41, 5.74) is -0.129. The van der Waals surface area contributed by atoms with Crippen LogP contribution in [0.25, 0.3) is 0 Å². The summed E-state index contributed by atoms with van der Waals surface area (Å²) in [5.74, 6) is -1.47. The van der Waals surface area contributed by atoms with Gasteiger partial charge in [-0.25, -0.2) is 8.78 Å². The van der Waals surface area contributed by atoms with Crippen molar-refractivity contribution in [2.45, 2.75) is 6.10 Å². The predicted octanol–water partition coefficient (Wildman–Crippen LogP) is 3.00. The third-order valence-electron chi connectivity index (χ3n) is 1.54. The number of halogens is 4. The second kappa shape index (κ2) is 4.35. The molecule has 0 radical (unpaired) electrons. The summed E-state index contributed by atoms with van der Waals surface area (Å²) in [6.07, 6.45) is -1.18. The van der Waals surface area contributed by atoms with Crippen LogP contribution in [0.5, 0.6) is 0 Å². The van der Waals surface area contributed by atoms with Gasteiger partial charge in [0.15, 0.2) is 0 Å². The second-order valence-corrected chi connectivity index (χ2v) is 3.62. The lowest BCUT2D eigenvalue weighted by molar-refractivity contribution is 0.197. The highest BCUT2D eigenvalue weighted by Gasteiger charge is 2.14. The van der Waals surface area contributed by atoms with Gasteiger partial charge >= 0.3 is 0 Å². The number of hydrogen-bond donors (Lipinski definition) is 1. The third-order valence-corrected chi connectivity index (χ3v) is 2.44. The number of aliphatic hydroxyl groups excluding tert-OH is 1. The molecular weight excluding hydrogens is 265 g/mol. The van der Waals surface area contributed by atoms with Crippen LogP contribution in [0.15, 0.2) is 16.6 Å². The lowest BCUT2D eigenvalue weighted by Gasteiger charge is -2.08. The average Bonchev–Trinajstić information content (AvgIpc) is 2.10. The van der Waals surface area contributed by atoms with Crippen molar-refractivity contribution >= 4 is 27.5 Å². The first-order valence-electron chi connectivity index (χ1n) is 3.44. The molecule has 1 nitrogen and oxygen atoms in total. The Morgan fingerprint density at radius 3 is 2.54 bits per heavy atom. The van der Waals surface area contributed by atoms with Crippen molar-refractivity contribution in [2.24, 2.45) is 0 Å². The summed E-state index contributed by atoms with van der Waals surface area (Å²) in [4.78, 5) is 0. The molecule has 0 amide bonds. The van der Waals surface area contributed by atoms with Gasteiger partial charge in [-0.1, -0.05) is 0 Å². The monoisotopic (exact) mass is 270 g/mol. The number of rotatable bonds is 2. The molecule has 5 heteroatoms. The molecule has 0 fully saturated rings. The minimum Gasteiger partial charge on any atom is -0.387 e. The van der Waals surface area contributed by atoms with E-state index in [2.05, 4.69) is 15.9 Å². The van der Waals surface area contributed by atoms with Gasteiger partial charge in [-0.3, -0.25) is 0 Å². The van der Waals surface area contributed by atoms with E-state index >= 15 is 0 Å². The molecule has 1 atom stereocenters. The van der Waals surface area contributed by atoms with E-state index in [-0.39, 0.29) is 15.9 Å². The van der Waals surface area contributed by atoms with Crippen LogP contribution in [0.2, 0.25) is 0 Å². The maximum Gasteiger partial charge on any atom is 0.137 e. The quantitative estimate of drug-likeness (QED) is 0.647. The Balaban J connectivity index is 3.15. The van der Waals surface area contributed by atoms with Gasteiger partial charge in [-0.2, -0.15) is 0 Å². The number of hydrogen-bond acceptors (Lipinski definition) is 1. The molecule has 0 heterocycles. The molecule has 0 aromatic heterocycles. The van der Waals surface area contributed by atoms with Crippen LogP contribution in [0.3, 0.4) is 0 Å². The molecule has 72 valence electrons. The largest absolute Gasteiger partial charge is 0.387 e. The van der Waals surface area contributed by atoms with Crippen LogP contribution in [0.4, 0.5) is 8.78 Å². The maximum absolute atomic E-state index is 13.1. The van der Waals surface area contributed by atoms with Crippen LogP contribution >= 0.6 is 27.5 Å². The van der Waals surface area contributed by atoms with Gasteiger partial charge in [0.2, 0.25) is 0 Å². The summed E-state index contributed by atoms with van der Waals surface area (Å²) in [7, 11) is 0. The molecule has 0 bridgehead atoms. The summed E-state index contributed by atoms with van der Waals surface area (Å²) in [6.45, 7) is 0. The first kappa shape index (κ1) is 10.9. The average molecular weight is 271 g/mol. The zero-order valence-electron chi connectivity index (χ0n) is 6.40. The highest BCUT2D eigenvalue weighted by Crippen LogP contribution is 2.24. The van der Waals surface area contributed by atoms with Gasteiger partial charge < -0.3 is 5.11 Å². The second-order valence-electron chi connectivity index (χ2n) is 2.46. The molecule has 1 aromatic rings. The lowest BCUT2D eigenvalue weighted by atomic mass is 10.1. The molecular formula is C8H6BrClF2O. The van der Waals surface area contributed by atoms with Crippen molar-refractivity contribution in [2.75, 3.05) is 5.88 Å². The van der Waals surface area contributed by atoms with E-state index < -0.39 is 17.7 Å². The first-order valence-corrected chi connectivity index (χ1v) is 4.77. The molecule has 0 spiro atoms. The minimum atomic E-state index is -1.18. The van der Waals surface area contributed by atoms with Gasteiger partial charge in [-0.15, -0.1) is 11.6 Å². The van der Waals surface area contributed by atoms with Crippen molar-refractivity contribution in [3.63, 3.8) is 0 Å². The van der Waals surface area contributed by atoms with Crippen molar-refractivity contribution < 1.29 is 13.9 Å². The molecule has 0 aliphatic rings. The van der Waals surface area contributed by atoms with Gasteiger partial charge in [0.05, 0.1) is 16.5 Å². The van der Waals surface area contributed by atoms with E-state index in [0.717, 1.165) is 12.1 Å². The van der Waals surface area contributed by atoms with Crippen LogP contribution < -0.4 is 0 Å². The van der Waals surface area contributed by atoms with E-state index in [4.69, 9.17) is 11.6 Å². The number of alkyl halides is 1. The zero-order valence-corrected chi connectivity index (χ0v) is 8.74. The van der Waals surface area contributed by atoms with Gasteiger partial charge in [-0.05, 0) is 28.1 Å². The molecule has 1 aromatic carbocycles. The molecule has 1 rings (SSSR count). The zero-order chi connectivity index (χ0) is 10.0. The lowest BCUT2D eigenvalue weighted by Crippen LogP contribution is -2.03. The summed E-state index contributed by atoms with van der Waals surface area (Å²) in [5, 5.41) is 9.17. The van der Waals surface area contributed by atoms with Crippen LogP contribution in [0, 0.1) is 11.6 Å². The highest BCUT2D eigenvalue weighted by molar-refractivity contribution is 9.10. The van der Waals surface area contributed by atoms with E-state index in [1.54, 1.807) is 0 Å². The van der Waals surface area contributed by atoms with Crippen molar-refractivity contribution in [1.82, 2.24) is 0 Å². The smallest absolute Gasteiger partial charge is 0.137 e. The van der Waals surface area contributed by atoms with Gasteiger partial charge in [0.1, 0.15) is 11.6 Å². The SMILES string of the molecule is O[C@H](CCl)c1cc(F)c(Br)cc1F. The Bertz CT molecular complexity index is 319. The third kappa shape index (κ3) is 2.39. The van der Waals surface area contributed by atoms with E-state index in [9.17, 15) is 13.9 Å². The Labute approximate surface area is 87.5 Å². The van der Waals surface area contributed by atoms with Crippen LogP contribution in [-0.2, 0) is 0 Å². The van der Waals surface area contributed by atoms with Crippen molar-refractivity contribution in [1.29, 1.82) is 0 Å². The molecule has 0 aliphatic heterocycles. The number of aliphatic hydroxyl groups is 1. The molecule has 13 heavy (non-hydrogen) atoms. The molecule has 0 aliphatic carbocycles. The molecule has 0 saturated carbocycles. The van der Waals surface area contributed by atoms with Gasteiger partial charge in [0.25, 0.3) is 0 Å². The summed E-state index contributed by atoms with van der Waals surface area (Å²) < 4.78 is 26.0. The summed E-state index contributed by atoms with van der Waals surface area (Å²) in [6, 6.07) is 1.88. The van der Waals surface area contributed by atoms with Crippen LogP contribution in [-0.4, -0.2) is 11.0 Å². The van der Waals surface area contributed by atoms with E-state index in [1.165, 1.54) is 0 Å². The minimum absolute atomic E-state index is 0.0236. The number of benzene rings is 1. The fraction of sp³-hybridized carbons (Fsp3) is 0.250. The molecule has 0 saturated heterocycles. The maximum atomic E-state index is 13.1. The highest BCUT2D eigenvalue weighted by atomic mass is 79.9. The standard InChI is InChI=1S/C8H6BrClF2O/c9-5-2-6(11)4(1-7(5)12)8(13)3-10/h1-2,8,13H,3H2/t8-/m1/s1. The normalized spacial score (nSPS) is 13.0. The Morgan fingerprint density at radius 1 is 1.38 bits per heavy atom. The summed E-state index contributed by atoms with van der Waals surface area (Å²) >= 11 is 8.12. The molecule has 0 unspecified atom stereocenters. The fourth-order valence-corrected chi connectivity index (χ4v) is 1.36. The van der Waals surface area contributed by atoms with Crippen molar-refractivity contribution in [3.05, 3.63) is 33.8 Å². The predicted molar refractivity (Wildman–Crippen MR) is 49.7 cm³/mol. The van der Waals surface area contributed by atoms with Crippen molar-refractivity contribution in [3.8, 4) is 0 Å². The van der Waals surface area contributed by atoms with E-state index in [0.29, 0.717) is 0 Å². The Morgan fingerprint density at radius 2 is 2.00 bits per heavy atom. The Hall–Kier alpha value is -0.190. The topological polar surface area (TPSA) is 20.2 Å². The van der Waals surface area contributed by atoms with E-state index in [1.807, 2.05) is 0 Å². The Kier molecular flexibility index (Phi) is 3.64. The van der Waals surface area contributed by atoms with Gasteiger partial charge in [0, 0.05) is 5.56 Å².